The third-order valence-corrected chi connectivity index (χ3v) is 9.24. The van der Waals surface area contributed by atoms with Gasteiger partial charge in [-0.1, -0.05) is 31.4 Å². The van der Waals surface area contributed by atoms with E-state index in [0.29, 0.717) is 5.41 Å². The lowest BCUT2D eigenvalue weighted by Gasteiger charge is -2.43. The summed E-state index contributed by atoms with van der Waals surface area (Å²) in [7, 11) is 0. The van der Waals surface area contributed by atoms with E-state index in [4.69, 9.17) is 0 Å². The number of piperidine rings is 1. The molecule has 1 saturated carbocycles. The van der Waals surface area contributed by atoms with Gasteiger partial charge >= 0.3 is 0 Å². The van der Waals surface area contributed by atoms with Crippen molar-refractivity contribution in [2.45, 2.75) is 76.9 Å². The van der Waals surface area contributed by atoms with Gasteiger partial charge in [0.1, 0.15) is 11.6 Å². The van der Waals surface area contributed by atoms with Crippen molar-refractivity contribution in [1.82, 2.24) is 29.7 Å². The number of rotatable bonds is 9. The van der Waals surface area contributed by atoms with Gasteiger partial charge < -0.3 is 19.8 Å². The van der Waals surface area contributed by atoms with Crippen LogP contribution in [0.15, 0.2) is 49.1 Å². The largest absolute Gasteiger partial charge is 0.371 e. The predicted octanol–water partition coefficient (Wildman–Crippen LogP) is 5.00. The van der Waals surface area contributed by atoms with Gasteiger partial charge in [0.2, 0.25) is 0 Å². The van der Waals surface area contributed by atoms with E-state index in [0.717, 1.165) is 43.7 Å². The van der Waals surface area contributed by atoms with Crippen molar-refractivity contribution in [1.29, 1.82) is 0 Å². The second kappa shape index (κ2) is 11.4. The lowest BCUT2D eigenvalue weighted by atomic mass is 9.77. The summed E-state index contributed by atoms with van der Waals surface area (Å²) < 4.78 is 0. The maximum atomic E-state index is 4.44. The quantitative estimate of drug-likeness (QED) is 0.432. The molecule has 7 nitrogen and oxygen atoms in total. The molecule has 2 aliphatic heterocycles. The third kappa shape index (κ3) is 6.10. The minimum Gasteiger partial charge on any atom is -0.371 e. The number of anilines is 1. The van der Waals surface area contributed by atoms with Gasteiger partial charge in [0, 0.05) is 56.2 Å². The zero-order valence-electron chi connectivity index (χ0n) is 22.2. The van der Waals surface area contributed by atoms with E-state index in [1.54, 1.807) is 0 Å². The Morgan fingerprint density at radius 1 is 0.892 bits per heavy atom. The molecule has 0 amide bonds. The lowest BCUT2D eigenvalue weighted by Crippen LogP contribution is -2.46. The first-order valence-corrected chi connectivity index (χ1v) is 14.5. The van der Waals surface area contributed by atoms with E-state index in [2.05, 4.69) is 58.9 Å². The molecule has 0 radical (unpaired) electrons. The summed E-state index contributed by atoms with van der Waals surface area (Å²) in [5, 5.41) is 0. The topological polar surface area (TPSA) is 67.1 Å². The Hall–Kier alpha value is -2.64. The fourth-order valence-corrected chi connectivity index (χ4v) is 6.98. The molecule has 3 aromatic rings. The highest BCUT2D eigenvalue weighted by molar-refractivity contribution is 5.50. The predicted molar refractivity (Wildman–Crippen MR) is 148 cm³/mol. The van der Waals surface area contributed by atoms with Gasteiger partial charge in [-0.05, 0) is 74.7 Å². The summed E-state index contributed by atoms with van der Waals surface area (Å²) in [4.78, 5) is 23.3. The maximum Gasteiger partial charge on any atom is 0.120 e. The molecule has 1 spiro atoms. The van der Waals surface area contributed by atoms with Crippen molar-refractivity contribution < 1.29 is 0 Å². The first-order chi connectivity index (χ1) is 18.2. The molecule has 1 aliphatic carbocycles. The van der Waals surface area contributed by atoms with Crippen LogP contribution in [0.2, 0.25) is 0 Å². The van der Waals surface area contributed by atoms with Crippen LogP contribution in [0.1, 0.15) is 68.6 Å². The van der Waals surface area contributed by atoms with Crippen molar-refractivity contribution in [3.8, 4) is 0 Å². The van der Waals surface area contributed by atoms with Crippen molar-refractivity contribution in [3.63, 3.8) is 0 Å². The van der Waals surface area contributed by atoms with Gasteiger partial charge in [-0.25, -0.2) is 9.97 Å². The summed E-state index contributed by atoms with van der Waals surface area (Å²) >= 11 is 0. The first-order valence-electron chi connectivity index (χ1n) is 14.5. The maximum absolute atomic E-state index is 4.44. The molecule has 3 fully saturated rings. The van der Waals surface area contributed by atoms with Crippen LogP contribution in [-0.4, -0.2) is 68.5 Å². The number of hydrogen-bond acceptors (Lipinski definition) is 5. The molecule has 198 valence electrons. The summed E-state index contributed by atoms with van der Waals surface area (Å²) in [6.07, 6.45) is 19.8. The van der Waals surface area contributed by atoms with Crippen LogP contribution in [-0.2, 0) is 19.5 Å². The highest BCUT2D eigenvalue weighted by Crippen LogP contribution is 2.43. The summed E-state index contributed by atoms with van der Waals surface area (Å²) in [5.41, 5.74) is 3.35. The zero-order valence-corrected chi connectivity index (χ0v) is 22.2. The molecule has 37 heavy (non-hydrogen) atoms. The Morgan fingerprint density at radius 2 is 1.59 bits per heavy atom. The van der Waals surface area contributed by atoms with Crippen LogP contribution < -0.4 is 4.90 Å². The van der Waals surface area contributed by atoms with Crippen molar-refractivity contribution in [2.75, 3.05) is 37.6 Å². The standard InChI is InChI=1S/C30H43N7/c1-2-6-26(7-3-1)36-18-10-30(11-19-36)12-20-37(24-30)27-8-4-5-25(21-27)9-17-35(22-28-31-13-14-32-28)23-29-33-15-16-34-29/h4-5,8,13-16,21,26H,1-3,6-7,9-12,17-20,22-24H2,(H,31,32)(H,33,34). The molecular formula is C30H43N7. The number of benzene rings is 1. The number of imidazole rings is 2. The number of likely N-dealkylation sites (tertiary alicyclic amines) is 1. The molecular weight excluding hydrogens is 458 g/mol. The van der Waals surface area contributed by atoms with E-state index < -0.39 is 0 Å². The average Bonchev–Trinajstić information content (AvgIpc) is 3.72. The van der Waals surface area contributed by atoms with E-state index in [1.807, 2.05) is 24.8 Å². The average molecular weight is 502 g/mol. The molecule has 2 aromatic heterocycles. The van der Waals surface area contributed by atoms with Crippen LogP contribution in [0.25, 0.3) is 0 Å². The van der Waals surface area contributed by atoms with E-state index >= 15 is 0 Å². The number of aromatic nitrogens is 4. The van der Waals surface area contributed by atoms with Gasteiger partial charge in [0.25, 0.3) is 0 Å². The molecule has 6 rings (SSSR count). The molecule has 7 heteroatoms. The third-order valence-electron chi connectivity index (χ3n) is 9.24. The normalized spacial score (nSPS) is 20.8. The smallest absolute Gasteiger partial charge is 0.120 e. The minimum atomic E-state index is 0.532. The number of nitrogens with zero attached hydrogens (tertiary/aromatic N) is 5. The molecule has 3 aliphatic rings. The van der Waals surface area contributed by atoms with Crippen LogP contribution in [0, 0.1) is 5.41 Å². The highest BCUT2D eigenvalue weighted by Gasteiger charge is 2.41. The van der Waals surface area contributed by atoms with E-state index in [9.17, 15) is 0 Å². The Morgan fingerprint density at radius 3 is 2.27 bits per heavy atom. The van der Waals surface area contributed by atoms with Gasteiger partial charge in [0.15, 0.2) is 0 Å². The number of nitrogens with one attached hydrogen (secondary N) is 2. The van der Waals surface area contributed by atoms with Crippen molar-refractivity contribution in [2.24, 2.45) is 5.41 Å². The molecule has 4 heterocycles. The first kappa shape index (κ1) is 24.7. The molecule has 2 saturated heterocycles. The van der Waals surface area contributed by atoms with E-state index in [-0.39, 0.29) is 0 Å². The van der Waals surface area contributed by atoms with Gasteiger partial charge in [-0.3, -0.25) is 4.90 Å². The molecule has 0 atom stereocenters. The fourth-order valence-electron chi connectivity index (χ4n) is 6.98. The molecule has 2 N–H and O–H groups in total. The summed E-state index contributed by atoms with van der Waals surface area (Å²) in [6.45, 7) is 7.62. The van der Waals surface area contributed by atoms with Crippen LogP contribution in [0.4, 0.5) is 5.69 Å². The van der Waals surface area contributed by atoms with Crippen molar-refractivity contribution in [3.05, 3.63) is 66.3 Å². The molecule has 0 bridgehead atoms. The number of H-pyrrole nitrogens is 2. The Bertz CT molecular complexity index is 1040. The van der Waals surface area contributed by atoms with Crippen LogP contribution in [0.3, 0.4) is 0 Å². The minimum absolute atomic E-state index is 0.532. The SMILES string of the molecule is c1cc(CCN(Cc2ncc[nH]2)Cc2ncc[nH]2)cc(N2CCC3(CCN(C4CCCCC4)CC3)C2)c1. The summed E-state index contributed by atoms with van der Waals surface area (Å²) in [5.74, 6) is 1.99. The molecule has 0 unspecified atom stereocenters. The zero-order chi connectivity index (χ0) is 24.9. The monoisotopic (exact) mass is 501 g/mol. The molecule has 1 aromatic carbocycles. The van der Waals surface area contributed by atoms with Crippen LogP contribution >= 0.6 is 0 Å². The number of hydrogen-bond donors (Lipinski definition) is 2. The Labute approximate surface area is 221 Å². The van der Waals surface area contributed by atoms with E-state index in [1.165, 1.54) is 88.8 Å². The Balaban J connectivity index is 1.05. The fraction of sp³-hybridized carbons (Fsp3) is 0.600. The van der Waals surface area contributed by atoms with Gasteiger partial charge in [-0.2, -0.15) is 0 Å². The number of aromatic amines is 2. The van der Waals surface area contributed by atoms with Gasteiger partial charge in [-0.15, -0.1) is 0 Å². The van der Waals surface area contributed by atoms with Crippen LogP contribution in [0.5, 0.6) is 0 Å². The Kier molecular flexibility index (Phi) is 7.60. The lowest BCUT2D eigenvalue weighted by molar-refractivity contribution is 0.0689. The highest BCUT2D eigenvalue weighted by atomic mass is 15.2. The second-order valence-electron chi connectivity index (χ2n) is 11.7. The van der Waals surface area contributed by atoms with Gasteiger partial charge in [0.05, 0.1) is 13.1 Å². The second-order valence-corrected chi connectivity index (χ2v) is 11.7. The van der Waals surface area contributed by atoms with Crippen molar-refractivity contribution >= 4 is 5.69 Å². The summed E-state index contributed by atoms with van der Waals surface area (Å²) in [6, 6.07) is 10.2.